The quantitative estimate of drug-likeness (QED) is 0.326. The van der Waals surface area contributed by atoms with Crippen molar-refractivity contribution in [1.82, 2.24) is 0 Å². The van der Waals surface area contributed by atoms with Gasteiger partial charge >= 0.3 is 10.1 Å². The molecule has 0 heterocycles. The second-order valence-electron chi connectivity index (χ2n) is 5.50. The van der Waals surface area contributed by atoms with E-state index >= 15 is 0 Å². The third-order valence-electron chi connectivity index (χ3n) is 3.60. The van der Waals surface area contributed by atoms with Gasteiger partial charge in [0.2, 0.25) is 0 Å². The summed E-state index contributed by atoms with van der Waals surface area (Å²) in [4.78, 5) is -1.31. The van der Waals surface area contributed by atoms with Crippen LogP contribution in [0.3, 0.4) is 0 Å². The van der Waals surface area contributed by atoms with E-state index in [-0.39, 0.29) is 16.2 Å². The Morgan fingerprint density at radius 1 is 0.963 bits per heavy atom. The summed E-state index contributed by atoms with van der Waals surface area (Å²) in [6, 6.07) is 10.5. The molecule has 0 saturated heterocycles. The van der Waals surface area contributed by atoms with Gasteiger partial charge in [-0.2, -0.15) is 16.8 Å². The van der Waals surface area contributed by atoms with Crippen LogP contribution >= 0.6 is 11.6 Å². The number of phenolic OH excluding ortho intramolecular Hbond substituents is 1. The van der Waals surface area contributed by atoms with Crippen LogP contribution in [0.2, 0.25) is 5.02 Å². The summed E-state index contributed by atoms with van der Waals surface area (Å²) in [7, 11) is -9.53. The first-order valence-corrected chi connectivity index (χ1v) is 10.4. The molecule has 3 rings (SSSR count). The molecule has 0 aliphatic rings. The lowest BCUT2D eigenvalue weighted by molar-refractivity contribution is 0.460. The lowest BCUT2D eigenvalue weighted by Gasteiger charge is -2.14. The van der Waals surface area contributed by atoms with E-state index in [9.17, 15) is 26.5 Å². The number of nitrogen functional groups attached to an aromatic ring is 1. The number of anilines is 1. The number of phenols is 1. The van der Waals surface area contributed by atoms with Crippen LogP contribution in [0.15, 0.2) is 58.3 Å². The van der Waals surface area contributed by atoms with Crippen LogP contribution in [0, 0.1) is 0 Å². The van der Waals surface area contributed by atoms with Crippen LogP contribution in [0.4, 0.5) is 5.69 Å². The SMILES string of the molecule is Nc1cc(Cl)cc(S(=O)(=O)O)c1OS(=O)(=O)c1cc(O)cc2ccccc12. The van der Waals surface area contributed by atoms with Gasteiger partial charge in [-0.15, -0.1) is 0 Å². The molecule has 0 aliphatic heterocycles. The van der Waals surface area contributed by atoms with Gasteiger partial charge in [0, 0.05) is 16.5 Å². The largest absolute Gasteiger partial charge is 0.508 e. The zero-order chi connectivity index (χ0) is 20.0. The summed E-state index contributed by atoms with van der Waals surface area (Å²) in [5.74, 6) is -1.13. The molecule has 0 aliphatic carbocycles. The molecule has 0 atom stereocenters. The minimum atomic E-state index is -4.89. The molecule has 0 bridgehead atoms. The minimum absolute atomic E-state index is 0.146. The van der Waals surface area contributed by atoms with Crippen LogP contribution in [-0.2, 0) is 20.2 Å². The van der Waals surface area contributed by atoms with Gasteiger partial charge in [0.1, 0.15) is 15.5 Å². The van der Waals surface area contributed by atoms with Crippen molar-refractivity contribution >= 4 is 48.3 Å². The van der Waals surface area contributed by atoms with E-state index in [1.165, 1.54) is 12.1 Å². The standard InChI is InChI=1S/C16H12ClNO7S2/c17-10-6-13(18)16(15(7-10)26(20,21)22)25-27(23,24)14-8-11(19)5-9-3-1-2-4-12(9)14/h1-8,19H,18H2,(H,20,21,22). The van der Waals surface area contributed by atoms with E-state index < -0.39 is 41.5 Å². The maximum atomic E-state index is 12.8. The van der Waals surface area contributed by atoms with Crippen LogP contribution in [0.1, 0.15) is 0 Å². The average molecular weight is 430 g/mol. The highest BCUT2D eigenvalue weighted by molar-refractivity contribution is 7.87. The van der Waals surface area contributed by atoms with Crippen LogP contribution < -0.4 is 9.92 Å². The van der Waals surface area contributed by atoms with Crippen molar-refractivity contribution in [2.45, 2.75) is 9.79 Å². The summed E-state index contributed by atoms with van der Waals surface area (Å²) in [5, 5.41) is 10.3. The molecule has 4 N–H and O–H groups in total. The smallest absolute Gasteiger partial charge is 0.340 e. The van der Waals surface area contributed by atoms with E-state index in [0.717, 1.165) is 18.2 Å². The number of rotatable bonds is 4. The van der Waals surface area contributed by atoms with Gasteiger partial charge in [-0.1, -0.05) is 35.9 Å². The van der Waals surface area contributed by atoms with Crippen LogP contribution in [-0.4, -0.2) is 26.5 Å². The first-order chi connectivity index (χ1) is 12.5. The van der Waals surface area contributed by atoms with Crippen LogP contribution in [0.25, 0.3) is 10.8 Å². The molecule has 3 aromatic rings. The van der Waals surface area contributed by atoms with Gasteiger partial charge < -0.3 is 15.0 Å². The summed E-state index contributed by atoms with van der Waals surface area (Å²) in [5.41, 5.74) is 5.23. The molecule has 0 spiro atoms. The molecule has 0 saturated carbocycles. The normalized spacial score (nSPS) is 12.2. The van der Waals surface area contributed by atoms with Gasteiger partial charge in [-0.3, -0.25) is 4.55 Å². The number of halogens is 1. The monoisotopic (exact) mass is 429 g/mol. The molecule has 0 radical (unpaired) electrons. The molecular weight excluding hydrogens is 418 g/mol. The highest BCUT2D eigenvalue weighted by atomic mass is 35.5. The van der Waals surface area contributed by atoms with E-state index in [2.05, 4.69) is 0 Å². The fraction of sp³-hybridized carbons (Fsp3) is 0. The summed E-state index contributed by atoms with van der Waals surface area (Å²) in [6.45, 7) is 0. The predicted molar refractivity (Wildman–Crippen MR) is 99.1 cm³/mol. The number of fused-ring (bicyclic) bond motifs is 1. The zero-order valence-corrected chi connectivity index (χ0v) is 15.7. The third-order valence-corrected chi connectivity index (χ3v) is 5.94. The molecule has 0 amide bonds. The maximum absolute atomic E-state index is 12.8. The lowest BCUT2D eigenvalue weighted by atomic mass is 10.1. The van der Waals surface area contributed by atoms with Crippen molar-refractivity contribution in [1.29, 1.82) is 0 Å². The molecule has 142 valence electrons. The highest BCUT2D eigenvalue weighted by Crippen LogP contribution is 2.37. The second-order valence-corrected chi connectivity index (χ2v) is 8.84. The fourth-order valence-electron chi connectivity index (χ4n) is 2.49. The van der Waals surface area contributed by atoms with Crippen molar-refractivity contribution < 1.29 is 30.7 Å². The van der Waals surface area contributed by atoms with Crippen molar-refractivity contribution in [3.8, 4) is 11.5 Å². The number of hydrogen-bond acceptors (Lipinski definition) is 7. The first-order valence-electron chi connectivity index (χ1n) is 7.22. The Balaban J connectivity index is 2.23. The molecule has 3 aromatic carbocycles. The Morgan fingerprint density at radius 2 is 1.63 bits per heavy atom. The van der Waals surface area contributed by atoms with Gasteiger partial charge in [0.05, 0.1) is 5.69 Å². The molecular formula is C16H12ClNO7S2. The van der Waals surface area contributed by atoms with Crippen molar-refractivity contribution in [2.75, 3.05) is 5.73 Å². The van der Waals surface area contributed by atoms with Gasteiger partial charge in [0.25, 0.3) is 10.1 Å². The molecule has 0 fully saturated rings. The van der Waals surface area contributed by atoms with E-state index in [1.807, 2.05) is 0 Å². The number of aromatic hydroxyl groups is 1. The minimum Gasteiger partial charge on any atom is -0.508 e. The third kappa shape index (κ3) is 3.78. The number of nitrogens with two attached hydrogens (primary N) is 1. The van der Waals surface area contributed by atoms with Crippen molar-refractivity contribution in [3.05, 3.63) is 53.6 Å². The highest BCUT2D eigenvalue weighted by Gasteiger charge is 2.28. The Bertz CT molecular complexity index is 1270. The maximum Gasteiger partial charge on any atom is 0.340 e. The Hall–Kier alpha value is -2.53. The van der Waals surface area contributed by atoms with Gasteiger partial charge in [0.15, 0.2) is 5.75 Å². The van der Waals surface area contributed by atoms with E-state index in [4.69, 9.17) is 21.5 Å². The van der Waals surface area contributed by atoms with E-state index in [1.54, 1.807) is 18.2 Å². The second kappa shape index (κ2) is 6.57. The number of hydrogen-bond donors (Lipinski definition) is 3. The summed E-state index contributed by atoms with van der Waals surface area (Å²) >= 11 is 5.72. The molecule has 11 heteroatoms. The molecule has 27 heavy (non-hydrogen) atoms. The number of benzene rings is 3. The summed E-state index contributed by atoms with van der Waals surface area (Å²) in [6.07, 6.45) is 0. The Labute approximate surface area is 159 Å². The molecule has 8 nitrogen and oxygen atoms in total. The summed E-state index contributed by atoms with van der Waals surface area (Å²) < 4.78 is 63.0. The average Bonchev–Trinajstić information content (AvgIpc) is 2.55. The Kier molecular flexibility index (Phi) is 4.68. The van der Waals surface area contributed by atoms with Gasteiger partial charge in [-0.25, -0.2) is 0 Å². The fourth-order valence-corrected chi connectivity index (χ4v) is 4.72. The van der Waals surface area contributed by atoms with E-state index in [0.29, 0.717) is 5.39 Å². The topological polar surface area (TPSA) is 144 Å². The van der Waals surface area contributed by atoms with Gasteiger partial charge in [-0.05, 0) is 23.6 Å². The van der Waals surface area contributed by atoms with Crippen LogP contribution in [0.5, 0.6) is 11.5 Å². The van der Waals surface area contributed by atoms with Crippen molar-refractivity contribution in [2.24, 2.45) is 0 Å². The predicted octanol–water partition coefficient (Wildman–Crippen LogP) is 2.80. The first kappa shape index (κ1) is 19.2. The Morgan fingerprint density at radius 3 is 2.30 bits per heavy atom. The molecule has 0 aromatic heterocycles. The lowest BCUT2D eigenvalue weighted by Crippen LogP contribution is -2.14. The molecule has 0 unspecified atom stereocenters. The zero-order valence-electron chi connectivity index (χ0n) is 13.3. The van der Waals surface area contributed by atoms with Crippen molar-refractivity contribution in [3.63, 3.8) is 0 Å².